The molecule has 2 aromatic rings. The van der Waals surface area contributed by atoms with Crippen LogP contribution in [0.15, 0.2) is 48.5 Å². The summed E-state index contributed by atoms with van der Waals surface area (Å²) in [5.41, 5.74) is 2.27. The third-order valence-corrected chi connectivity index (χ3v) is 5.23. The highest BCUT2D eigenvalue weighted by atomic mass is 35.6. The summed E-state index contributed by atoms with van der Waals surface area (Å²) >= 11 is 6.56. The minimum Gasteiger partial charge on any atom is -0.496 e. The van der Waals surface area contributed by atoms with E-state index in [1.54, 1.807) is 7.11 Å². The van der Waals surface area contributed by atoms with Gasteiger partial charge in [0.05, 0.1) is 7.11 Å². The highest BCUT2D eigenvalue weighted by Crippen LogP contribution is 2.30. The highest BCUT2D eigenvalue weighted by molar-refractivity contribution is 7.26. The van der Waals surface area contributed by atoms with E-state index in [0.717, 1.165) is 22.1 Å². The Morgan fingerprint density at radius 2 is 1.61 bits per heavy atom. The van der Waals surface area contributed by atoms with Crippen LogP contribution in [0.5, 0.6) is 5.75 Å². The summed E-state index contributed by atoms with van der Waals surface area (Å²) in [4.78, 5) is 0. The lowest BCUT2D eigenvalue weighted by Crippen LogP contribution is -2.36. The second kappa shape index (κ2) is 5.17. The Morgan fingerprint density at radius 3 is 2.17 bits per heavy atom. The zero-order valence-corrected chi connectivity index (χ0v) is 12.7. The maximum atomic E-state index is 6.56. The van der Waals surface area contributed by atoms with Gasteiger partial charge >= 0.3 is 0 Å². The van der Waals surface area contributed by atoms with Gasteiger partial charge in [-0.15, -0.1) is 0 Å². The quantitative estimate of drug-likeness (QED) is 0.608. The van der Waals surface area contributed by atoms with Gasteiger partial charge in [-0.25, -0.2) is 0 Å². The van der Waals surface area contributed by atoms with E-state index in [2.05, 4.69) is 43.4 Å². The highest BCUT2D eigenvalue weighted by Gasteiger charge is 2.26. The number of hydrogen-bond acceptors (Lipinski definition) is 1. The van der Waals surface area contributed by atoms with Crippen LogP contribution in [0.4, 0.5) is 0 Å². The number of para-hydroxylation sites is 1. The van der Waals surface area contributed by atoms with Crippen molar-refractivity contribution in [2.45, 2.75) is 13.1 Å². The summed E-state index contributed by atoms with van der Waals surface area (Å²) in [7, 11) is -0.205. The summed E-state index contributed by atoms with van der Waals surface area (Å²) < 4.78 is 5.61. The van der Waals surface area contributed by atoms with Crippen molar-refractivity contribution < 1.29 is 4.74 Å². The molecule has 0 saturated carbocycles. The van der Waals surface area contributed by atoms with E-state index < -0.39 is 7.38 Å². The molecule has 0 aromatic heterocycles. The van der Waals surface area contributed by atoms with Gasteiger partial charge in [0, 0.05) is 5.56 Å². The van der Waals surface area contributed by atoms with Crippen LogP contribution in [0.2, 0.25) is 13.1 Å². The summed E-state index contributed by atoms with van der Waals surface area (Å²) in [5.74, 6) is 0.912. The van der Waals surface area contributed by atoms with Crippen LogP contribution in [-0.4, -0.2) is 14.5 Å². The van der Waals surface area contributed by atoms with Crippen molar-refractivity contribution in [3.8, 4) is 16.9 Å². The Morgan fingerprint density at radius 1 is 0.944 bits per heavy atom. The van der Waals surface area contributed by atoms with Gasteiger partial charge in [-0.3, -0.25) is 0 Å². The van der Waals surface area contributed by atoms with E-state index in [1.165, 1.54) is 0 Å². The Kier molecular flexibility index (Phi) is 3.78. The Bertz CT molecular complexity index is 532. The van der Waals surface area contributed by atoms with Crippen molar-refractivity contribution >= 4 is 23.6 Å². The van der Waals surface area contributed by atoms with E-state index in [9.17, 15) is 0 Å². The molecular weight excluding hydrogens is 260 g/mol. The van der Waals surface area contributed by atoms with Gasteiger partial charge < -0.3 is 4.74 Å². The van der Waals surface area contributed by atoms with E-state index in [-0.39, 0.29) is 0 Å². The molecule has 0 spiro atoms. The molecule has 0 bridgehead atoms. The van der Waals surface area contributed by atoms with Gasteiger partial charge in [-0.1, -0.05) is 61.6 Å². The largest absolute Gasteiger partial charge is 0.496 e. The lowest BCUT2D eigenvalue weighted by Gasteiger charge is -2.20. The molecule has 0 atom stereocenters. The molecule has 94 valence electrons. The first-order valence-corrected chi connectivity index (χ1v) is 9.97. The van der Waals surface area contributed by atoms with Crippen molar-refractivity contribution in [2.75, 3.05) is 7.11 Å². The number of rotatable bonds is 3. The third kappa shape index (κ3) is 2.60. The van der Waals surface area contributed by atoms with Crippen LogP contribution in [0.25, 0.3) is 11.1 Å². The molecule has 0 aliphatic rings. The second-order valence-corrected chi connectivity index (χ2v) is 11.0. The molecule has 2 aromatic carbocycles. The van der Waals surface area contributed by atoms with Crippen LogP contribution in [-0.2, 0) is 0 Å². The van der Waals surface area contributed by atoms with Gasteiger partial charge in [0.2, 0.25) is 0 Å². The zero-order chi connectivity index (χ0) is 13.2. The van der Waals surface area contributed by atoms with E-state index in [0.29, 0.717) is 0 Å². The van der Waals surface area contributed by atoms with Gasteiger partial charge in [0.25, 0.3) is 0 Å². The maximum Gasteiger partial charge on any atom is 0.185 e. The van der Waals surface area contributed by atoms with Crippen molar-refractivity contribution in [1.82, 2.24) is 0 Å². The number of benzene rings is 2. The molecule has 2 rings (SSSR count). The molecule has 3 heteroatoms. The predicted molar refractivity (Wildman–Crippen MR) is 81.4 cm³/mol. The number of hydrogen-bond donors (Lipinski definition) is 0. The summed E-state index contributed by atoms with van der Waals surface area (Å²) in [5, 5.41) is 1.15. The topological polar surface area (TPSA) is 9.23 Å². The molecule has 0 amide bonds. The Balaban J connectivity index is 2.63. The molecule has 0 saturated heterocycles. The standard InChI is InChI=1S/C15H17ClOSi/c1-17-15-13(12-8-5-4-6-9-12)10-7-11-14(15)18(2,3)16/h4-11H,1-3H3. The summed E-state index contributed by atoms with van der Waals surface area (Å²) in [6.45, 7) is 4.22. The van der Waals surface area contributed by atoms with Crippen LogP contribution >= 0.6 is 11.1 Å². The molecule has 0 aliphatic carbocycles. The third-order valence-electron chi connectivity index (χ3n) is 2.94. The van der Waals surface area contributed by atoms with E-state index in [1.807, 2.05) is 18.2 Å². The number of ether oxygens (including phenoxy) is 1. The van der Waals surface area contributed by atoms with Gasteiger partial charge in [-0.2, -0.15) is 11.1 Å². The first kappa shape index (κ1) is 13.2. The van der Waals surface area contributed by atoms with Crippen molar-refractivity contribution in [3.63, 3.8) is 0 Å². The normalized spacial score (nSPS) is 11.3. The van der Waals surface area contributed by atoms with Crippen LogP contribution in [0.1, 0.15) is 0 Å². The van der Waals surface area contributed by atoms with Crippen LogP contribution in [0, 0.1) is 0 Å². The Labute approximate surface area is 114 Å². The molecule has 0 fully saturated rings. The van der Waals surface area contributed by atoms with Gasteiger partial charge in [-0.05, 0) is 10.8 Å². The molecule has 0 unspecified atom stereocenters. The summed E-state index contributed by atoms with van der Waals surface area (Å²) in [6, 6.07) is 16.5. The molecule has 18 heavy (non-hydrogen) atoms. The fraction of sp³-hybridized carbons (Fsp3) is 0.200. The minimum absolute atomic E-state index is 0.912. The van der Waals surface area contributed by atoms with Crippen molar-refractivity contribution in [3.05, 3.63) is 48.5 Å². The number of halogens is 1. The zero-order valence-electron chi connectivity index (χ0n) is 10.9. The van der Waals surface area contributed by atoms with Crippen LogP contribution in [0.3, 0.4) is 0 Å². The van der Waals surface area contributed by atoms with Gasteiger partial charge in [0.1, 0.15) is 5.75 Å². The predicted octanol–water partition coefficient (Wildman–Crippen LogP) is 4.01. The lowest BCUT2D eigenvalue weighted by molar-refractivity contribution is 0.419. The first-order chi connectivity index (χ1) is 8.54. The monoisotopic (exact) mass is 276 g/mol. The fourth-order valence-electron chi connectivity index (χ4n) is 2.07. The van der Waals surface area contributed by atoms with Gasteiger partial charge in [0.15, 0.2) is 7.38 Å². The fourth-order valence-corrected chi connectivity index (χ4v) is 3.79. The van der Waals surface area contributed by atoms with Crippen molar-refractivity contribution in [1.29, 1.82) is 0 Å². The second-order valence-electron chi connectivity index (χ2n) is 4.72. The van der Waals surface area contributed by atoms with E-state index in [4.69, 9.17) is 15.8 Å². The maximum absolute atomic E-state index is 6.56. The molecule has 0 aliphatic heterocycles. The molecule has 1 nitrogen and oxygen atoms in total. The average Bonchev–Trinajstić information content (AvgIpc) is 2.37. The molecule has 0 heterocycles. The van der Waals surface area contributed by atoms with E-state index >= 15 is 0 Å². The Hall–Kier alpha value is -1.25. The SMILES string of the molecule is COc1c(-c2ccccc2)cccc1[Si](C)(C)Cl. The minimum atomic E-state index is -1.92. The van der Waals surface area contributed by atoms with Crippen LogP contribution < -0.4 is 9.92 Å². The smallest absolute Gasteiger partial charge is 0.185 e. The average molecular weight is 277 g/mol. The number of methoxy groups -OCH3 is 1. The molecule has 0 radical (unpaired) electrons. The first-order valence-electron chi connectivity index (χ1n) is 5.96. The summed E-state index contributed by atoms with van der Waals surface area (Å²) in [6.07, 6.45) is 0. The van der Waals surface area contributed by atoms with Crippen molar-refractivity contribution in [2.24, 2.45) is 0 Å². The molecule has 0 N–H and O–H groups in total. The lowest BCUT2D eigenvalue weighted by atomic mass is 10.0. The molecular formula is C15H17ClOSi.